The lowest BCUT2D eigenvalue weighted by Crippen LogP contribution is -2.43. The summed E-state index contributed by atoms with van der Waals surface area (Å²) in [5, 5.41) is 0.869. The third kappa shape index (κ3) is 4.86. The van der Waals surface area contributed by atoms with Gasteiger partial charge < -0.3 is 4.90 Å². The average Bonchev–Trinajstić information content (AvgIpc) is 2.29. The number of amides is 1. The van der Waals surface area contributed by atoms with Crippen molar-refractivity contribution in [3.8, 4) is 0 Å². The Morgan fingerprint density at radius 1 is 1.25 bits per heavy atom. The molecule has 1 amide bonds. The molecule has 1 unspecified atom stereocenters. The van der Waals surface area contributed by atoms with Gasteiger partial charge in [0.2, 0.25) is 5.91 Å². The molecule has 0 spiro atoms. The third-order valence-electron chi connectivity index (χ3n) is 3.14. The molecule has 3 heteroatoms. The smallest absolute Gasteiger partial charge is 0.225 e. The monoisotopic (exact) mass is 291 g/mol. The molecule has 0 saturated carbocycles. The molecule has 0 N–H and O–H groups in total. The van der Waals surface area contributed by atoms with Crippen LogP contribution in [0.1, 0.15) is 53.4 Å². The highest BCUT2D eigenvalue weighted by Gasteiger charge is 2.24. The van der Waals surface area contributed by atoms with E-state index in [1.807, 2.05) is 0 Å². The first-order valence-corrected chi connectivity index (χ1v) is 7.60. The Morgan fingerprint density at radius 2 is 1.81 bits per heavy atom. The van der Waals surface area contributed by atoms with Crippen molar-refractivity contribution >= 4 is 21.8 Å². The lowest BCUT2D eigenvalue weighted by atomic mass is 10.0. The Hall–Kier alpha value is -0.0500. The molecule has 96 valence electrons. The van der Waals surface area contributed by atoms with Crippen LogP contribution in [0.5, 0.6) is 0 Å². The zero-order chi connectivity index (χ0) is 12.6. The van der Waals surface area contributed by atoms with Gasteiger partial charge in [-0.25, -0.2) is 0 Å². The van der Waals surface area contributed by atoms with E-state index < -0.39 is 0 Å². The van der Waals surface area contributed by atoms with Gasteiger partial charge in [0.1, 0.15) is 0 Å². The Morgan fingerprint density at radius 3 is 2.19 bits per heavy atom. The summed E-state index contributed by atoms with van der Waals surface area (Å²) in [7, 11) is 0. The summed E-state index contributed by atoms with van der Waals surface area (Å²) >= 11 is 3.44. The van der Waals surface area contributed by atoms with Crippen molar-refractivity contribution in [2.45, 2.75) is 59.4 Å². The number of carbonyl (C=O) groups is 1. The van der Waals surface area contributed by atoms with Gasteiger partial charge in [-0.2, -0.15) is 0 Å². The molecule has 0 heterocycles. The number of nitrogens with zero attached hydrogens (tertiary/aromatic N) is 1. The first kappa shape index (κ1) is 16.0. The van der Waals surface area contributed by atoms with E-state index in [9.17, 15) is 4.79 Å². The van der Waals surface area contributed by atoms with Crippen LogP contribution >= 0.6 is 15.9 Å². The molecule has 16 heavy (non-hydrogen) atoms. The highest BCUT2D eigenvalue weighted by atomic mass is 79.9. The van der Waals surface area contributed by atoms with Crippen molar-refractivity contribution in [2.75, 3.05) is 11.9 Å². The maximum Gasteiger partial charge on any atom is 0.225 e. The predicted molar refractivity (Wildman–Crippen MR) is 73.9 cm³/mol. The molecule has 0 aliphatic heterocycles. The van der Waals surface area contributed by atoms with Gasteiger partial charge in [-0.1, -0.05) is 50.0 Å². The molecule has 0 fully saturated rings. The zero-order valence-corrected chi connectivity index (χ0v) is 12.7. The quantitative estimate of drug-likeness (QED) is 0.623. The SMILES string of the molecule is CCCC(C)C(=O)N(CCBr)C(CC)CC. The molecule has 1 atom stereocenters. The molecule has 0 aliphatic rings. The van der Waals surface area contributed by atoms with E-state index in [0.29, 0.717) is 11.9 Å². The minimum atomic E-state index is 0.171. The van der Waals surface area contributed by atoms with E-state index in [0.717, 1.165) is 37.6 Å². The number of alkyl halides is 1. The minimum absolute atomic E-state index is 0.171. The molecule has 0 aromatic heterocycles. The van der Waals surface area contributed by atoms with Crippen molar-refractivity contribution in [3.05, 3.63) is 0 Å². The molecule has 0 aromatic rings. The minimum Gasteiger partial charge on any atom is -0.339 e. The normalized spacial score (nSPS) is 12.9. The number of hydrogen-bond donors (Lipinski definition) is 0. The Kier molecular flexibility index (Phi) is 9.00. The van der Waals surface area contributed by atoms with Crippen LogP contribution in [0.3, 0.4) is 0 Å². The first-order valence-electron chi connectivity index (χ1n) is 6.48. The van der Waals surface area contributed by atoms with E-state index in [-0.39, 0.29) is 5.92 Å². The third-order valence-corrected chi connectivity index (χ3v) is 3.49. The van der Waals surface area contributed by atoms with Crippen LogP contribution in [0, 0.1) is 5.92 Å². The molecule has 0 rings (SSSR count). The lowest BCUT2D eigenvalue weighted by Gasteiger charge is -2.32. The topological polar surface area (TPSA) is 20.3 Å². The highest BCUT2D eigenvalue weighted by molar-refractivity contribution is 9.09. The van der Waals surface area contributed by atoms with Gasteiger partial charge in [-0.3, -0.25) is 4.79 Å². The Bertz CT molecular complexity index is 192. The largest absolute Gasteiger partial charge is 0.339 e. The van der Waals surface area contributed by atoms with Crippen LogP contribution < -0.4 is 0 Å². The summed E-state index contributed by atoms with van der Waals surface area (Å²) in [6, 6.07) is 0.407. The molecule has 0 saturated heterocycles. The van der Waals surface area contributed by atoms with Crippen LogP contribution in [0.25, 0.3) is 0 Å². The van der Waals surface area contributed by atoms with E-state index >= 15 is 0 Å². The van der Waals surface area contributed by atoms with Gasteiger partial charge in [-0.05, 0) is 19.3 Å². The molecular formula is C13H26BrNO. The first-order chi connectivity index (χ1) is 7.62. The summed E-state index contributed by atoms with van der Waals surface area (Å²) in [4.78, 5) is 14.4. The maximum atomic E-state index is 12.3. The zero-order valence-electron chi connectivity index (χ0n) is 11.1. The van der Waals surface area contributed by atoms with Gasteiger partial charge in [0.05, 0.1) is 0 Å². The van der Waals surface area contributed by atoms with Gasteiger partial charge in [-0.15, -0.1) is 0 Å². The van der Waals surface area contributed by atoms with Crippen molar-refractivity contribution in [1.82, 2.24) is 4.90 Å². The van der Waals surface area contributed by atoms with E-state index in [2.05, 4.69) is 48.5 Å². The molecule has 0 radical (unpaired) electrons. The Balaban J connectivity index is 4.55. The van der Waals surface area contributed by atoms with Gasteiger partial charge in [0, 0.05) is 23.8 Å². The summed E-state index contributed by atoms with van der Waals surface area (Å²) in [6.07, 6.45) is 4.18. The van der Waals surface area contributed by atoms with Gasteiger partial charge >= 0.3 is 0 Å². The van der Waals surface area contributed by atoms with Crippen LogP contribution in [0.2, 0.25) is 0 Å². The molecule has 0 aromatic carbocycles. The maximum absolute atomic E-state index is 12.3. The fourth-order valence-electron chi connectivity index (χ4n) is 2.13. The fourth-order valence-corrected chi connectivity index (χ4v) is 2.51. The van der Waals surface area contributed by atoms with Gasteiger partial charge in [0.15, 0.2) is 0 Å². The fraction of sp³-hybridized carbons (Fsp3) is 0.923. The van der Waals surface area contributed by atoms with Crippen molar-refractivity contribution < 1.29 is 4.79 Å². The van der Waals surface area contributed by atoms with Crippen LogP contribution in [0.15, 0.2) is 0 Å². The second-order valence-electron chi connectivity index (χ2n) is 4.38. The molecular weight excluding hydrogens is 266 g/mol. The predicted octanol–water partition coefficient (Wildman–Crippen LogP) is 3.83. The Labute approximate surface area is 109 Å². The number of rotatable bonds is 8. The van der Waals surface area contributed by atoms with Gasteiger partial charge in [0.25, 0.3) is 0 Å². The number of hydrogen-bond acceptors (Lipinski definition) is 1. The highest BCUT2D eigenvalue weighted by Crippen LogP contribution is 2.16. The summed E-state index contributed by atoms with van der Waals surface area (Å²) in [5.74, 6) is 0.500. The molecule has 0 bridgehead atoms. The van der Waals surface area contributed by atoms with Crippen molar-refractivity contribution in [3.63, 3.8) is 0 Å². The molecule has 2 nitrogen and oxygen atoms in total. The van der Waals surface area contributed by atoms with E-state index in [4.69, 9.17) is 0 Å². The van der Waals surface area contributed by atoms with Crippen LogP contribution in [-0.2, 0) is 4.79 Å². The second-order valence-corrected chi connectivity index (χ2v) is 5.17. The molecule has 0 aliphatic carbocycles. The van der Waals surface area contributed by atoms with Crippen LogP contribution in [0.4, 0.5) is 0 Å². The van der Waals surface area contributed by atoms with E-state index in [1.165, 1.54) is 0 Å². The van der Waals surface area contributed by atoms with Crippen LogP contribution in [-0.4, -0.2) is 28.7 Å². The standard InChI is InChI=1S/C13H26BrNO/c1-5-8-11(4)13(16)15(10-9-14)12(6-2)7-3/h11-12H,5-10H2,1-4H3. The van der Waals surface area contributed by atoms with E-state index in [1.54, 1.807) is 0 Å². The lowest BCUT2D eigenvalue weighted by molar-refractivity contribution is -0.137. The number of halogens is 1. The van der Waals surface area contributed by atoms with Crippen molar-refractivity contribution in [1.29, 1.82) is 0 Å². The summed E-state index contributed by atoms with van der Waals surface area (Å²) in [5.41, 5.74) is 0. The summed E-state index contributed by atoms with van der Waals surface area (Å²) in [6.45, 7) is 9.34. The summed E-state index contributed by atoms with van der Waals surface area (Å²) < 4.78 is 0. The average molecular weight is 292 g/mol. The number of carbonyl (C=O) groups excluding carboxylic acids is 1. The van der Waals surface area contributed by atoms with Crippen molar-refractivity contribution in [2.24, 2.45) is 5.92 Å². The second kappa shape index (κ2) is 9.03.